The quantitative estimate of drug-likeness (QED) is 0.286. The molecule has 1 aromatic carbocycles. The Morgan fingerprint density at radius 3 is 2.19 bits per heavy atom. The van der Waals surface area contributed by atoms with Crippen molar-refractivity contribution < 1.29 is 29.3 Å². The van der Waals surface area contributed by atoms with E-state index >= 15 is 0 Å². The largest absolute Gasteiger partial charge is 0.481 e. The summed E-state index contributed by atoms with van der Waals surface area (Å²) >= 11 is 11.8. The van der Waals surface area contributed by atoms with E-state index in [1.165, 1.54) is 11.2 Å². The summed E-state index contributed by atoms with van der Waals surface area (Å²) < 4.78 is 66.9. The minimum Gasteiger partial charge on any atom is -0.481 e. The lowest BCUT2D eigenvalue weighted by Crippen LogP contribution is -2.20. The Hall–Kier alpha value is -2.56. The van der Waals surface area contributed by atoms with Crippen LogP contribution >= 0.6 is 33.4 Å². The molecular formula is C17H14Cl2F5N5O2S. The second-order valence-electron chi connectivity index (χ2n) is 7.37. The molecule has 0 radical (unpaired) electrons. The highest BCUT2D eigenvalue weighted by Gasteiger charge is 2.65. The first kappa shape index (κ1) is 24.1. The Morgan fingerprint density at radius 2 is 1.81 bits per heavy atom. The molecule has 1 heterocycles. The van der Waals surface area contributed by atoms with Gasteiger partial charge in [-0.25, -0.2) is 9.67 Å². The number of aliphatic carboxylic acids is 1. The monoisotopic (exact) mass is 517 g/mol. The highest BCUT2D eigenvalue weighted by atomic mass is 35.5. The maximum absolute atomic E-state index is 13.2. The molecule has 1 aromatic heterocycles. The molecule has 2 aromatic rings. The van der Waals surface area contributed by atoms with Gasteiger partial charge in [-0.2, -0.15) is 10.4 Å². The third-order valence-electron chi connectivity index (χ3n) is 4.66. The van der Waals surface area contributed by atoms with Gasteiger partial charge in [0.1, 0.15) is 16.7 Å². The first-order valence-electron chi connectivity index (χ1n) is 8.62. The number of nitrogens with zero attached hydrogens (tertiary/aromatic N) is 5. The van der Waals surface area contributed by atoms with Crippen molar-refractivity contribution in [1.29, 1.82) is 5.26 Å². The van der Waals surface area contributed by atoms with Crippen molar-refractivity contribution in [1.82, 2.24) is 14.7 Å². The van der Waals surface area contributed by atoms with Crippen molar-refractivity contribution in [2.24, 2.45) is 4.99 Å². The van der Waals surface area contributed by atoms with Crippen LogP contribution in [0.15, 0.2) is 22.0 Å². The van der Waals surface area contributed by atoms with Crippen molar-refractivity contribution in [3.05, 3.63) is 33.4 Å². The van der Waals surface area contributed by atoms with Crippen LogP contribution in [-0.4, -0.2) is 46.2 Å². The van der Waals surface area contributed by atoms with Crippen LogP contribution in [-0.2, 0) is 10.2 Å². The maximum Gasteiger partial charge on any atom is 0.314 e. The van der Waals surface area contributed by atoms with E-state index in [9.17, 15) is 34.6 Å². The van der Waals surface area contributed by atoms with Crippen LogP contribution in [0.4, 0.5) is 25.2 Å². The van der Waals surface area contributed by atoms with Gasteiger partial charge in [-0.1, -0.05) is 42.6 Å². The topological polar surface area (TPSA) is 94.5 Å². The summed E-state index contributed by atoms with van der Waals surface area (Å²) in [5.74, 6) is -1.47. The average molecular weight is 518 g/mol. The average Bonchev–Trinajstić information content (AvgIpc) is 3.34. The summed E-state index contributed by atoms with van der Waals surface area (Å²) in [5, 5.41) is 21.5. The standard InChI is InChI=1S/C17H14Cl2F5N5O2S/c1-28(2)8-26-15-13(17(3-4-17)16(30)31)12(7-25)27-29(15)14-10(18)5-9(6-11(14)19)32(20,21,22,23)24/h5-6,8H,3-4H2,1-2H3,(H,30,31)/b26-8+. The zero-order valence-corrected chi connectivity index (χ0v) is 18.6. The molecule has 0 atom stereocenters. The predicted octanol–water partition coefficient (Wildman–Crippen LogP) is 6.05. The molecule has 0 saturated heterocycles. The molecule has 0 aliphatic heterocycles. The zero-order chi connectivity index (χ0) is 24.3. The summed E-state index contributed by atoms with van der Waals surface area (Å²) in [6.07, 6.45) is 1.57. The van der Waals surface area contributed by atoms with Gasteiger partial charge in [0, 0.05) is 14.1 Å². The SMILES string of the molecule is CN(C)/C=N/c1c(C2(C(=O)O)CC2)c(C#N)nn1-c1c(Cl)cc(S(F)(F)(F)(F)F)cc1Cl. The lowest BCUT2D eigenvalue weighted by Gasteiger charge is -2.40. The van der Waals surface area contributed by atoms with E-state index < -0.39 is 42.2 Å². The van der Waals surface area contributed by atoms with Crippen molar-refractivity contribution in [2.75, 3.05) is 14.1 Å². The molecular weight excluding hydrogens is 504 g/mol. The predicted molar refractivity (Wildman–Crippen MR) is 110 cm³/mol. The second kappa shape index (κ2) is 6.72. The van der Waals surface area contributed by atoms with Crippen LogP contribution in [0, 0.1) is 11.3 Å². The highest BCUT2D eigenvalue weighted by Crippen LogP contribution is 3.02. The summed E-state index contributed by atoms with van der Waals surface area (Å²) in [5.41, 5.74) is -2.38. The molecule has 1 fully saturated rings. The number of benzene rings is 1. The fourth-order valence-corrected chi connectivity index (χ4v) is 4.49. The zero-order valence-electron chi connectivity index (χ0n) is 16.3. The second-order valence-corrected chi connectivity index (χ2v) is 10.6. The van der Waals surface area contributed by atoms with Crippen LogP contribution < -0.4 is 0 Å². The van der Waals surface area contributed by atoms with Crippen LogP contribution in [0.25, 0.3) is 5.69 Å². The van der Waals surface area contributed by atoms with Gasteiger partial charge in [-0.05, 0) is 25.0 Å². The van der Waals surface area contributed by atoms with E-state index in [2.05, 4.69) is 10.1 Å². The van der Waals surface area contributed by atoms with Crippen molar-refractivity contribution in [3.8, 4) is 11.8 Å². The summed E-state index contributed by atoms with van der Waals surface area (Å²) in [4.78, 5) is 15.2. The summed E-state index contributed by atoms with van der Waals surface area (Å²) in [6.45, 7) is 0. The summed E-state index contributed by atoms with van der Waals surface area (Å²) in [6, 6.07) is 1.74. The smallest absolute Gasteiger partial charge is 0.314 e. The van der Waals surface area contributed by atoms with E-state index in [4.69, 9.17) is 23.2 Å². The van der Waals surface area contributed by atoms with Gasteiger partial charge in [0.25, 0.3) is 0 Å². The first-order chi connectivity index (χ1) is 14.4. The fraction of sp³-hybridized carbons (Fsp3) is 0.294. The molecule has 0 spiro atoms. The normalized spacial score (nSPS) is 17.5. The number of hydrogen-bond acceptors (Lipinski definition) is 4. The maximum atomic E-state index is 13.2. The fourth-order valence-electron chi connectivity index (χ4n) is 3.04. The molecule has 1 aliphatic carbocycles. The molecule has 7 nitrogen and oxygen atoms in total. The highest BCUT2D eigenvalue weighted by molar-refractivity contribution is 8.45. The van der Waals surface area contributed by atoms with Crippen LogP contribution in [0.3, 0.4) is 0 Å². The molecule has 1 N–H and O–H groups in total. The number of aromatic nitrogens is 2. The number of carbonyl (C=O) groups is 1. The number of carboxylic acids is 1. The lowest BCUT2D eigenvalue weighted by molar-refractivity contribution is -0.140. The van der Waals surface area contributed by atoms with E-state index in [0.29, 0.717) is 0 Å². The Bertz CT molecular complexity index is 1190. The molecule has 1 aliphatic rings. The van der Waals surface area contributed by atoms with Crippen molar-refractivity contribution in [2.45, 2.75) is 23.2 Å². The number of halogens is 7. The van der Waals surface area contributed by atoms with E-state index in [-0.39, 0.29) is 42.0 Å². The van der Waals surface area contributed by atoms with Crippen LogP contribution in [0.5, 0.6) is 0 Å². The minimum atomic E-state index is -10.1. The van der Waals surface area contributed by atoms with Crippen molar-refractivity contribution >= 4 is 51.6 Å². The Labute approximate surface area is 188 Å². The number of hydrogen-bond donors (Lipinski definition) is 1. The third-order valence-corrected chi connectivity index (χ3v) is 6.37. The molecule has 174 valence electrons. The number of carboxylic acid groups (broad SMARTS) is 1. The van der Waals surface area contributed by atoms with Gasteiger partial charge in [-0.3, -0.25) is 4.79 Å². The molecule has 15 heteroatoms. The number of aliphatic imine (C=N–C) groups is 1. The minimum absolute atomic E-state index is 0.00124. The molecule has 1 saturated carbocycles. The Balaban J connectivity index is 2.36. The van der Waals surface area contributed by atoms with E-state index in [1.54, 1.807) is 20.2 Å². The van der Waals surface area contributed by atoms with Gasteiger partial charge in [0.05, 0.1) is 27.4 Å². The molecule has 0 bridgehead atoms. The van der Waals surface area contributed by atoms with Gasteiger partial charge in [0.2, 0.25) is 0 Å². The van der Waals surface area contributed by atoms with Gasteiger partial charge < -0.3 is 10.0 Å². The number of rotatable bonds is 6. The van der Waals surface area contributed by atoms with E-state index in [1.807, 2.05) is 0 Å². The Morgan fingerprint density at radius 1 is 1.28 bits per heavy atom. The summed E-state index contributed by atoms with van der Waals surface area (Å²) in [7, 11) is -6.92. The van der Waals surface area contributed by atoms with Crippen molar-refractivity contribution in [3.63, 3.8) is 0 Å². The van der Waals surface area contributed by atoms with Gasteiger partial charge in [-0.15, -0.1) is 0 Å². The molecule has 3 rings (SSSR count). The lowest BCUT2D eigenvalue weighted by atomic mass is 9.95. The van der Waals surface area contributed by atoms with Crippen LogP contribution in [0.1, 0.15) is 24.1 Å². The van der Waals surface area contributed by atoms with Gasteiger partial charge in [0.15, 0.2) is 11.5 Å². The number of nitriles is 1. The Kier molecular flexibility index (Phi) is 5.06. The molecule has 0 amide bonds. The van der Waals surface area contributed by atoms with Crippen LogP contribution in [0.2, 0.25) is 10.0 Å². The third kappa shape index (κ3) is 4.22. The van der Waals surface area contributed by atoms with Gasteiger partial charge >= 0.3 is 16.2 Å². The molecule has 0 unspecified atom stereocenters. The first-order valence-corrected chi connectivity index (χ1v) is 11.3. The van der Waals surface area contributed by atoms with E-state index in [0.717, 1.165) is 4.68 Å². The molecule has 32 heavy (non-hydrogen) atoms.